The molecule has 2 heteroatoms. The summed E-state index contributed by atoms with van der Waals surface area (Å²) in [5.74, 6) is 0.975. The van der Waals surface area contributed by atoms with Gasteiger partial charge in [-0.3, -0.25) is 0 Å². The molecule has 0 saturated carbocycles. The molecule has 1 heterocycles. The second kappa shape index (κ2) is 6.95. The van der Waals surface area contributed by atoms with E-state index < -0.39 is 0 Å². The van der Waals surface area contributed by atoms with Crippen LogP contribution in [0.5, 0.6) is 5.75 Å². The third-order valence-corrected chi connectivity index (χ3v) is 3.79. The van der Waals surface area contributed by atoms with Crippen LogP contribution in [0, 0.1) is 0 Å². The predicted molar refractivity (Wildman–Crippen MR) is 80.8 cm³/mol. The fourth-order valence-electron chi connectivity index (χ4n) is 2.81. The molecule has 1 aliphatic heterocycles. The molecule has 2 nitrogen and oxygen atoms in total. The molecule has 106 valence electrons. The number of ether oxygens (including phenoxy) is 1. The van der Waals surface area contributed by atoms with Crippen LogP contribution in [-0.2, 0) is 6.42 Å². The summed E-state index contributed by atoms with van der Waals surface area (Å²) in [4.78, 5) is 0. The number of rotatable bonds is 5. The lowest BCUT2D eigenvalue weighted by atomic mass is 9.95. The maximum absolute atomic E-state index is 5.67. The molecule has 1 aromatic carbocycles. The van der Waals surface area contributed by atoms with Gasteiger partial charge < -0.3 is 10.1 Å². The van der Waals surface area contributed by atoms with E-state index in [0.29, 0.717) is 12.1 Å². The SMILES string of the molecule is CC1CCCC(CCc2ccc(OC(C)C)cc2)N1. The molecular formula is C17H27NO. The molecule has 0 radical (unpaired) electrons. The zero-order valence-corrected chi connectivity index (χ0v) is 12.5. The van der Waals surface area contributed by atoms with Gasteiger partial charge in [0.25, 0.3) is 0 Å². The van der Waals surface area contributed by atoms with E-state index in [2.05, 4.69) is 50.4 Å². The Kier molecular flexibility index (Phi) is 5.26. The van der Waals surface area contributed by atoms with Crippen LogP contribution < -0.4 is 10.1 Å². The first-order valence-electron chi connectivity index (χ1n) is 7.65. The quantitative estimate of drug-likeness (QED) is 0.867. The Balaban J connectivity index is 1.79. The molecule has 0 aliphatic carbocycles. The molecular weight excluding hydrogens is 234 g/mol. The fourth-order valence-corrected chi connectivity index (χ4v) is 2.81. The van der Waals surface area contributed by atoms with Gasteiger partial charge in [-0.25, -0.2) is 0 Å². The Morgan fingerprint density at radius 1 is 1.21 bits per heavy atom. The molecule has 1 N–H and O–H groups in total. The molecule has 1 fully saturated rings. The first-order chi connectivity index (χ1) is 9.13. The highest BCUT2D eigenvalue weighted by molar-refractivity contribution is 5.27. The molecule has 2 rings (SSSR count). The summed E-state index contributed by atoms with van der Waals surface area (Å²) < 4.78 is 5.67. The van der Waals surface area contributed by atoms with E-state index in [4.69, 9.17) is 4.74 Å². The highest BCUT2D eigenvalue weighted by Gasteiger charge is 2.17. The third-order valence-electron chi connectivity index (χ3n) is 3.79. The first kappa shape index (κ1) is 14.4. The minimum absolute atomic E-state index is 0.249. The van der Waals surface area contributed by atoms with Crippen LogP contribution >= 0.6 is 0 Å². The number of piperidine rings is 1. The molecule has 2 unspecified atom stereocenters. The summed E-state index contributed by atoms with van der Waals surface area (Å²) >= 11 is 0. The third kappa shape index (κ3) is 4.87. The van der Waals surface area contributed by atoms with Crippen LogP contribution in [0.25, 0.3) is 0 Å². The van der Waals surface area contributed by atoms with E-state index in [1.807, 2.05) is 0 Å². The van der Waals surface area contributed by atoms with Crippen molar-refractivity contribution in [3.8, 4) is 5.75 Å². The predicted octanol–water partition coefficient (Wildman–Crippen LogP) is 3.94. The van der Waals surface area contributed by atoms with E-state index in [-0.39, 0.29) is 6.10 Å². The van der Waals surface area contributed by atoms with Crippen LogP contribution in [-0.4, -0.2) is 18.2 Å². The summed E-state index contributed by atoms with van der Waals surface area (Å²) in [5, 5.41) is 3.70. The molecule has 1 aromatic rings. The largest absolute Gasteiger partial charge is 0.491 e. The van der Waals surface area contributed by atoms with Gasteiger partial charge in [-0.2, -0.15) is 0 Å². The van der Waals surface area contributed by atoms with Gasteiger partial charge in [0.1, 0.15) is 5.75 Å². The van der Waals surface area contributed by atoms with Crippen LogP contribution in [0.2, 0.25) is 0 Å². The van der Waals surface area contributed by atoms with Gasteiger partial charge in [-0.15, -0.1) is 0 Å². The van der Waals surface area contributed by atoms with Crippen LogP contribution in [0.3, 0.4) is 0 Å². The van der Waals surface area contributed by atoms with Crippen molar-refractivity contribution < 1.29 is 4.74 Å². The summed E-state index contributed by atoms with van der Waals surface area (Å²) in [6, 6.07) is 9.97. The average Bonchev–Trinajstić information content (AvgIpc) is 2.37. The van der Waals surface area contributed by atoms with Crippen molar-refractivity contribution in [1.82, 2.24) is 5.32 Å². The van der Waals surface area contributed by atoms with Gasteiger partial charge in [-0.05, 0) is 64.2 Å². The molecule has 0 bridgehead atoms. The summed E-state index contributed by atoms with van der Waals surface area (Å²) in [6.45, 7) is 6.41. The van der Waals surface area contributed by atoms with E-state index >= 15 is 0 Å². The van der Waals surface area contributed by atoms with Gasteiger partial charge in [0, 0.05) is 12.1 Å². The summed E-state index contributed by atoms with van der Waals surface area (Å²) in [7, 11) is 0. The topological polar surface area (TPSA) is 21.3 Å². The van der Waals surface area contributed by atoms with Crippen LogP contribution in [0.15, 0.2) is 24.3 Å². The second-order valence-corrected chi connectivity index (χ2v) is 6.04. The Hall–Kier alpha value is -1.02. The lowest BCUT2D eigenvalue weighted by Crippen LogP contribution is -2.40. The smallest absolute Gasteiger partial charge is 0.119 e. The molecule has 1 saturated heterocycles. The monoisotopic (exact) mass is 261 g/mol. The number of benzene rings is 1. The first-order valence-corrected chi connectivity index (χ1v) is 7.65. The average molecular weight is 261 g/mol. The van der Waals surface area contributed by atoms with E-state index in [1.54, 1.807) is 0 Å². The van der Waals surface area contributed by atoms with E-state index in [0.717, 1.165) is 12.2 Å². The molecule has 0 spiro atoms. The van der Waals surface area contributed by atoms with Gasteiger partial charge in [0.2, 0.25) is 0 Å². The normalized spacial score (nSPS) is 23.6. The van der Waals surface area contributed by atoms with Crippen molar-refractivity contribution in [1.29, 1.82) is 0 Å². The van der Waals surface area contributed by atoms with Crippen molar-refractivity contribution in [2.45, 2.75) is 71.1 Å². The second-order valence-electron chi connectivity index (χ2n) is 6.04. The van der Waals surface area contributed by atoms with E-state index in [9.17, 15) is 0 Å². The zero-order chi connectivity index (χ0) is 13.7. The Morgan fingerprint density at radius 2 is 1.95 bits per heavy atom. The Morgan fingerprint density at radius 3 is 2.58 bits per heavy atom. The number of hydrogen-bond acceptors (Lipinski definition) is 2. The molecule has 0 amide bonds. The van der Waals surface area contributed by atoms with E-state index in [1.165, 1.54) is 31.2 Å². The van der Waals surface area contributed by atoms with Crippen LogP contribution in [0.4, 0.5) is 0 Å². The molecule has 19 heavy (non-hydrogen) atoms. The van der Waals surface area contributed by atoms with Gasteiger partial charge in [0.15, 0.2) is 0 Å². The van der Waals surface area contributed by atoms with Gasteiger partial charge >= 0.3 is 0 Å². The standard InChI is InChI=1S/C17H27NO/c1-13(2)19-17-11-8-15(9-12-17)7-10-16-6-4-5-14(3)18-16/h8-9,11-14,16,18H,4-7,10H2,1-3H3. The number of nitrogens with one attached hydrogen (secondary N) is 1. The van der Waals surface area contributed by atoms with Gasteiger partial charge in [-0.1, -0.05) is 18.6 Å². The summed E-state index contributed by atoms with van der Waals surface area (Å²) in [6.07, 6.45) is 6.69. The highest BCUT2D eigenvalue weighted by atomic mass is 16.5. The van der Waals surface area contributed by atoms with Gasteiger partial charge in [0.05, 0.1) is 6.10 Å². The van der Waals surface area contributed by atoms with Crippen molar-refractivity contribution in [2.24, 2.45) is 0 Å². The Labute approximate surface area is 117 Å². The number of aryl methyl sites for hydroxylation is 1. The zero-order valence-electron chi connectivity index (χ0n) is 12.5. The minimum Gasteiger partial charge on any atom is -0.491 e. The van der Waals surface area contributed by atoms with Crippen molar-refractivity contribution in [2.75, 3.05) is 0 Å². The number of hydrogen-bond donors (Lipinski definition) is 1. The highest BCUT2D eigenvalue weighted by Crippen LogP contribution is 2.19. The minimum atomic E-state index is 0.249. The van der Waals surface area contributed by atoms with Crippen LogP contribution in [0.1, 0.15) is 52.0 Å². The maximum atomic E-state index is 5.67. The lowest BCUT2D eigenvalue weighted by Gasteiger charge is -2.28. The fraction of sp³-hybridized carbons (Fsp3) is 0.647. The lowest BCUT2D eigenvalue weighted by molar-refractivity contribution is 0.242. The molecule has 0 aromatic heterocycles. The molecule has 2 atom stereocenters. The molecule has 1 aliphatic rings. The van der Waals surface area contributed by atoms with Crippen molar-refractivity contribution >= 4 is 0 Å². The van der Waals surface area contributed by atoms with Crippen molar-refractivity contribution in [3.05, 3.63) is 29.8 Å². The Bertz CT molecular complexity index is 371. The summed E-state index contributed by atoms with van der Waals surface area (Å²) in [5.41, 5.74) is 1.41. The maximum Gasteiger partial charge on any atom is 0.119 e. The van der Waals surface area contributed by atoms with Crippen molar-refractivity contribution in [3.63, 3.8) is 0 Å².